The molecule has 5 fully saturated rings. The number of carboxylic acids is 1. The molecule has 28 heteroatoms. The van der Waals surface area contributed by atoms with Crippen molar-refractivity contribution in [3.63, 3.8) is 0 Å². The predicted octanol–water partition coefficient (Wildman–Crippen LogP) is 13.9. The molecule has 124 heavy (non-hydrogen) atoms. The molecule has 6 heterocycles. The molecule has 5 amide bonds. The van der Waals surface area contributed by atoms with Gasteiger partial charge in [0.05, 0.1) is 92.6 Å². The van der Waals surface area contributed by atoms with Crippen LogP contribution in [0.5, 0.6) is 0 Å². The predicted molar refractivity (Wildman–Crippen MR) is 466 cm³/mol. The normalized spacial score (nSPS) is 19.3. The van der Waals surface area contributed by atoms with Crippen LogP contribution in [-0.4, -0.2) is 146 Å². The van der Waals surface area contributed by atoms with Crippen molar-refractivity contribution in [2.45, 2.75) is 81.3 Å². The summed E-state index contributed by atoms with van der Waals surface area (Å²) in [6.07, 6.45) is 16.2. The van der Waals surface area contributed by atoms with Crippen LogP contribution in [0.1, 0.15) is 137 Å². The molecule has 9 N–H and O–H groups in total. The lowest BCUT2D eigenvalue weighted by atomic mass is 10.0. The van der Waals surface area contributed by atoms with E-state index in [9.17, 15) is 58.2 Å². The van der Waals surface area contributed by atoms with Gasteiger partial charge in [0.25, 0.3) is 5.91 Å². The highest BCUT2D eigenvalue weighted by molar-refractivity contribution is 6.16. The van der Waals surface area contributed by atoms with Crippen LogP contribution in [0.25, 0.3) is 43.6 Å². The Morgan fingerprint density at radius 3 is 1.27 bits per heavy atom. The topological polar surface area (TPSA) is 384 Å². The number of aromatic amines is 1. The van der Waals surface area contributed by atoms with Crippen molar-refractivity contribution in [1.29, 1.82) is 0 Å². The van der Waals surface area contributed by atoms with Gasteiger partial charge in [-0.05, 0) is 162 Å². The van der Waals surface area contributed by atoms with Crippen molar-refractivity contribution in [3.8, 4) is 0 Å². The first-order valence-corrected chi connectivity index (χ1v) is 40.7. The number of nitrogens with zero attached hydrogens (tertiary/aromatic N) is 5. The fourth-order valence-corrected chi connectivity index (χ4v) is 16.4. The molecular weight excluding hydrogens is 1580 g/mol. The smallest absolute Gasteiger partial charge is 0.338 e. The van der Waals surface area contributed by atoms with E-state index in [1.165, 1.54) is 45.1 Å². The summed E-state index contributed by atoms with van der Waals surface area (Å²) in [5.74, 6) is -2.30. The Bertz CT molecular complexity index is 6230. The van der Waals surface area contributed by atoms with Gasteiger partial charge in [0, 0.05) is 129 Å². The van der Waals surface area contributed by atoms with Gasteiger partial charge in [-0.15, -0.1) is 0 Å². The highest BCUT2D eigenvalue weighted by Gasteiger charge is 2.48. The lowest BCUT2D eigenvalue weighted by Gasteiger charge is -2.11. The number of H-pyrrole nitrogens is 1. The third-order valence-electron chi connectivity index (χ3n) is 23.2. The van der Waals surface area contributed by atoms with Crippen LogP contribution >= 0.6 is 0 Å². The molecule has 0 saturated heterocycles. The van der Waals surface area contributed by atoms with E-state index in [4.69, 9.17) is 24.1 Å². The molecule has 5 aliphatic carbocycles. The zero-order valence-corrected chi connectivity index (χ0v) is 68.2. The molecule has 0 spiro atoms. The maximum Gasteiger partial charge on any atom is 0.338 e. The molecule has 10 unspecified atom stereocenters. The minimum Gasteiger partial charge on any atom is -0.481 e. The van der Waals surface area contributed by atoms with Gasteiger partial charge >= 0.3 is 29.8 Å². The van der Waals surface area contributed by atoms with Crippen molar-refractivity contribution >= 4 is 132 Å². The minimum atomic E-state index is -0.691. The highest BCUT2D eigenvalue weighted by Crippen LogP contribution is 2.52. The summed E-state index contributed by atoms with van der Waals surface area (Å²) in [7, 11) is 5.30. The van der Waals surface area contributed by atoms with Crippen molar-refractivity contribution in [1.82, 2.24) is 29.1 Å². The molecule has 28 nitrogen and oxygen atoms in total. The van der Waals surface area contributed by atoms with Crippen molar-refractivity contribution < 1.29 is 82.2 Å². The number of aliphatic hydroxyl groups is 2. The average Bonchev–Trinajstić information content (AvgIpc) is 1.60. The first-order valence-electron chi connectivity index (χ1n) is 40.7. The monoisotopic (exact) mass is 1670 g/mol. The third kappa shape index (κ3) is 19.2. The number of carbonyl (C=O) groups is 10. The maximum atomic E-state index is 12.8. The molecule has 5 saturated carbocycles. The summed E-state index contributed by atoms with van der Waals surface area (Å²) in [6.45, 7) is 0.743. The summed E-state index contributed by atoms with van der Waals surface area (Å²) in [4.78, 5) is 129. The number of pyridine rings is 1. The van der Waals surface area contributed by atoms with E-state index in [0.717, 1.165) is 81.5 Å². The number of methoxy groups -OCH3 is 4. The highest BCUT2D eigenvalue weighted by atomic mass is 16.5. The van der Waals surface area contributed by atoms with Gasteiger partial charge in [-0.3, -0.25) is 38.5 Å². The van der Waals surface area contributed by atoms with E-state index in [-0.39, 0.29) is 108 Å². The second kappa shape index (κ2) is 37.6. The number of fused-ring (bicyclic) bond motifs is 3. The molecule has 5 aromatic heterocycles. The number of rotatable bonds is 23. The summed E-state index contributed by atoms with van der Waals surface area (Å²) >= 11 is 0. The van der Waals surface area contributed by atoms with E-state index in [1.807, 2.05) is 173 Å². The fraction of sp³-hybridized carbons (Fsp3) is 0.250. The number of carbonyl (C=O) groups excluding carboxylic acids is 9. The third-order valence-corrected chi connectivity index (χ3v) is 23.2. The van der Waals surface area contributed by atoms with Gasteiger partial charge in [0.15, 0.2) is 0 Å². The van der Waals surface area contributed by atoms with Crippen LogP contribution in [0.2, 0.25) is 0 Å². The van der Waals surface area contributed by atoms with Gasteiger partial charge in [0.1, 0.15) is 6.54 Å². The molecule has 19 rings (SSSR count). The second-order valence-corrected chi connectivity index (χ2v) is 31.2. The Morgan fingerprint density at radius 1 is 0.444 bits per heavy atom. The number of benzene rings is 8. The second-order valence-electron chi connectivity index (χ2n) is 31.2. The van der Waals surface area contributed by atoms with E-state index in [1.54, 1.807) is 72.0 Å². The standard InChI is InChI=1S/C23H22N2O5.C22H20N4O3.C22H22N2O4.C20H18N2O3.C9H9NO2/c1-29-21(26)13-25-9-8-16-19(23(28)30-2)10-15(11-20(16)25)24-22(27)18-12-17(18)14-6-4-3-5-7-14;27-7-6-26-12-14-11-23-25-22(29)18-8-15(9-19(26)20(14)18)24-21(28)17-10-16(17)13-4-2-1-3-5-13;1-28-22(27)19-11-15(12-20-16(19)7-8-24(20)9-10-25)23-21(26)18-13-17(18)14-5-3-2-4-6-14;1-25-20(24)17-9-13(10-18-14(17)7-8-21-18)22-19(23)16-11-15(16)12-5-3-2-4-6-12;11-9(12)8-4-7(8)6-2-1-3-10-5-6/h3-11,17-18H,12-13H2,1-2H3,(H,24,27);1-5,8-9,11-12,16-17,27H,6-7,10H2,(H,24,28)(H,25,29);2-8,11-12,17-18,25H,9-10,13H2,1H3,(H,23,26);2-10,15-16,21H,11H2,1H3,(H,22,23);1-3,5,7-8H,4H2,(H,11,12). The molecule has 0 radical (unpaired) electrons. The Balaban J connectivity index is 0.000000122. The average molecular weight is 1670 g/mol. The van der Waals surface area contributed by atoms with Crippen molar-refractivity contribution in [2.75, 3.05) is 62.9 Å². The number of carboxylic acid groups (broad SMARTS) is 1. The lowest BCUT2D eigenvalue weighted by Crippen LogP contribution is -2.18. The minimum absolute atomic E-state index is 0.00326. The quantitative estimate of drug-likeness (QED) is 0.0212. The number of anilines is 4. The summed E-state index contributed by atoms with van der Waals surface area (Å²) < 4.78 is 24.8. The number of hydrogen-bond donors (Lipinski definition) is 9. The molecule has 8 aromatic carbocycles. The Labute approximate surface area is 711 Å². The van der Waals surface area contributed by atoms with E-state index in [0.29, 0.717) is 69.0 Å². The van der Waals surface area contributed by atoms with Gasteiger partial charge in [-0.1, -0.05) is 127 Å². The van der Waals surface area contributed by atoms with E-state index >= 15 is 0 Å². The zero-order valence-electron chi connectivity index (χ0n) is 68.2. The summed E-state index contributed by atoms with van der Waals surface area (Å²) in [5.41, 5.74) is 15.8. The number of amides is 5. The van der Waals surface area contributed by atoms with Crippen molar-refractivity contribution in [3.05, 3.63) is 293 Å². The summed E-state index contributed by atoms with van der Waals surface area (Å²) in [6, 6.07) is 63.1. The van der Waals surface area contributed by atoms with Crippen LogP contribution in [0.3, 0.4) is 0 Å². The van der Waals surface area contributed by atoms with Gasteiger partial charge in [0.2, 0.25) is 23.6 Å². The summed E-state index contributed by atoms with van der Waals surface area (Å²) in [5, 5.41) is 46.0. The number of aromatic nitrogens is 5. The Kier molecular flexibility index (Phi) is 25.6. The van der Waals surface area contributed by atoms with E-state index < -0.39 is 29.8 Å². The molecule has 10 atom stereocenters. The van der Waals surface area contributed by atoms with Gasteiger partial charge < -0.3 is 74.2 Å². The number of hydrogen-bond acceptors (Lipinski definition) is 18. The first-order chi connectivity index (χ1) is 60.2. The number of aliphatic hydroxyl groups excluding tert-OH is 2. The number of ether oxygens (including phenoxy) is 4. The fourth-order valence-electron chi connectivity index (χ4n) is 16.4. The van der Waals surface area contributed by atoms with Crippen LogP contribution in [-0.2, 0) is 67.3 Å². The largest absolute Gasteiger partial charge is 0.481 e. The van der Waals surface area contributed by atoms with Gasteiger partial charge in [-0.2, -0.15) is 5.10 Å². The first kappa shape index (κ1) is 84.4. The van der Waals surface area contributed by atoms with Crippen LogP contribution < -0.4 is 26.7 Å². The Hall–Kier alpha value is -14.6. The molecule has 13 aromatic rings. The SMILES string of the molecule is COC(=O)Cn1ccc2c(C(=O)OC)cc(NC(=O)C3CC3c3ccccc3)cc21.COC(=O)c1cc(NC(=O)C2CC2c2ccccc2)cc2[nH]ccc12.COC(=O)c1cc(NC(=O)C2CC2c2ccccc2)cc2c1ccn2CCO.O=C(O)C1CC1c1cccnc1.O=C1NN=Cc2cn(CCO)c3cc(NC(=O)C4CC4c4ccccc4)cc1c23. The zero-order chi connectivity index (χ0) is 86.8. The van der Waals surface area contributed by atoms with Crippen LogP contribution in [0, 0.1) is 29.6 Å². The molecule has 0 bridgehead atoms. The van der Waals surface area contributed by atoms with Crippen LogP contribution in [0.15, 0.2) is 242 Å². The molecule has 1 aliphatic heterocycles. The number of aliphatic carboxylic acids is 1. The number of nitrogens with one attached hydrogen (secondary N) is 6. The van der Waals surface area contributed by atoms with Gasteiger partial charge in [-0.25, -0.2) is 19.8 Å². The lowest BCUT2D eigenvalue weighted by molar-refractivity contribution is -0.141. The maximum absolute atomic E-state index is 12.8. The van der Waals surface area contributed by atoms with Crippen molar-refractivity contribution in [2.24, 2.45) is 34.7 Å². The number of esters is 4. The number of hydrazone groups is 1. The molecule has 6 aliphatic rings. The van der Waals surface area contributed by atoms with Crippen LogP contribution in [0.4, 0.5) is 22.7 Å². The molecule has 632 valence electrons. The Morgan fingerprint density at radius 2 is 0.847 bits per heavy atom. The van der Waals surface area contributed by atoms with E-state index in [2.05, 4.69) is 53.9 Å². The molecular formula is C96H91N11O17.